The fourth-order valence-electron chi connectivity index (χ4n) is 1.65. The highest BCUT2D eigenvalue weighted by molar-refractivity contribution is 7.91. The molecule has 0 saturated heterocycles. The predicted octanol–water partition coefficient (Wildman–Crippen LogP) is 0.286. The van der Waals surface area contributed by atoms with Gasteiger partial charge in [-0.3, -0.25) is 0 Å². The second-order valence-electron chi connectivity index (χ2n) is 4.55. The molecule has 0 fully saturated rings. The van der Waals surface area contributed by atoms with Crippen molar-refractivity contribution in [2.45, 2.75) is 23.1 Å². The number of nitrogens with one attached hydrogen (secondary N) is 2. The molecule has 0 saturated carbocycles. The van der Waals surface area contributed by atoms with E-state index >= 15 is 0 Å². The first-order valence-corrected chi connectivity index (χ1v) is 9.51. The molecule has 20 heavy (non-hydrogen) atoms. The number of rotatable bonds is 7. The van der Waals surface area contributed by atoms with Gasteiger partial charge in [0.2, 0.25) is 10.0 Å². The molecule has 0 aliphatic heterocycles. The lowest BCUT2D eigenvalue weighted by molar-refractivity contribution is 0.576. The van der Waals surface area contributed by atoms with Crippen LogP contribution in [-0.4, -0.2) is 43.2 Å². The van der Waals surface area contributed by atoms with Crippen LogP contribution < -0.4 is 10.0 Å². The van der Waals surface area contributed by atoms with Gasteiger partial charge in [-0.25, -0.2) is 21.6 Å². The zero-order chi connectivity index (χ0) is 15.4. The zero-order valence-corrected chi connectivity index (χ0v) is 13.4. The monoisotopic (exact) mass is 320 g/mol. The Kier molecular flexibility index (Phi) is 5.69. The lowest BCUT2D eigenvalue weighted by Gasteiger charge is -2.10. The van der Waals surface area contributed by atoms with Crippen LogP contribution in [0, 0.1) is 6.92 Å². The summed E-state index contributed by atoms with van der Waals surface area (Å²) in [5.41, 5.74) is 0.513. The summed E-state index contributed by atoms with van der Waals surface area (Å²) in [6.45, 7) is 2.63. The SMILES string of the molecule is CNCCCNS(=O)(=O)c1cc(S(C)(=O)=O)ccc1C. The molecule has 8 heteroatoms. The molecule has 1 aromatic rings. The third-order valence-electron chi connectivity index (χ3n) is 2.77. The fraction of sp³-hybridized carbons (Fsp3) is 0.500. The summed E-state index contributed by atoms with van der Waals surface area (Å²) < 4.78 is 49.8. The highest BCUT2D eigenvalue weighted by atomic mass is 32.2. The van der Waals surface area contributed by atoms with E-state index in [0.29, 0.717) is 25.1 Å². The Morgan fingerprint density at radius 1 is 1.10 bits per heavy atom. The number of sulfonamides is 1. The van der Waals surface area contributed by atoms with Gasteiger partial charge in [-0.2, -0.15) is 0 Å². The van der Waals surface area contributed by atoms with Gasteiger partial charge in [0.15, 0.2) is 9.84 Å². The van der Waals surface area contributed by atoms with Crippen molar-refractivity contribution in [1.29, 1.82) is 0 Å². The van der Waals surface area contributed by atoms with E-state index in [1.54, 1.807) is 14.0 Å². The minimum atomic E-state index is -3.70. The molecule has 1 aromatic carbocycles. The van der Waals surface area contributed by atoms with E-state index in [-0.39, 0.29) is 9.79 Å². The fourth-order valence-corrected chi connectivity index (χ4v) is 3.71. The van der Waals surface area contributed by atoms with E-state index in [1.165, 1.54) is 18.2 Å². The quantitative estimate of drug-likeness (QED) is 0.704. The molecule has 114 valence electrons. The molecule has 0 aromatic heterocycles. The molecule has 1 rings (SSSR count). The van der Waals surface area contributed by atoms with Crippen LogP contribution >= 0.6 is 0 Å². The van der Waals surface area contributed by atoms with Crippen molar-refractivity contribution in [3.8, 4) is 0 Å². The third-order valence-corrected chi connectivity index (χ3v) is 5.49. The van der Waals surface area contributed by atoms with Gasteiger partial charge < -0.3 is 5.32 Å². The van der Waals surface area contributed by atoms with Crippen LogP contribution in [0.4, 0.5) is 0 Å². The maximum Gasteiger partial charge on any atom is 0.240 e. The summed E-state index contributed by atoms with van der Waals surface area (Å²) in [5.74, 6) is 0. The third kappa shape index (κ3) is 4.55. The molecule has 0 heterocycles. The second kappa shape index (κ2) is 6.66. The highest BCUT2D eigenvalue weighted by Crippen LogP contribution is 2.19. The van der Waals surface area contributed by atoms with Crippen molar-refractivity contribution in [3.63, 3.8) is 0 Å². The van der Waals surface area contributed by atoms with Gasteiger partial charge in [-0.05, 0) is 44.6 Å². The molecule has 0 atom stereocenters. The van der Waals surface area contributed by atoms with Gasteiger partial charge in [0.25, 0.3) is 0 Å². The van der Waals surface area contributed by atoms with Crippen LogP contribution in [0.2, 0.25) is 0 Å². The Balaban J connectivity index is 3.05. The van der Waals surface area contributed by atoms with E-state index in [1.807, 2.05) is 0 Å². The Hall–Kier alpha value is -0.960. The van der Waals surface area contributed by atoms with Crippen molar-refractivity contribution in [1.82, 2.24) is 10.0 Å². The van der Waals surface area contributed by atoms with Gasteiger partial charge in [0.05, 0.1) is 9.79 Å². The first-order chi connectivity index (χ1) is 9.18. The van der Waals surface area contributed by atoms with Crippen LogP contribution in [0.25, 0.3) is 0 Å². The number of benzene rings is 1. The second-order valence-corrected chi connectivity index (χ2v) is 8.31. The van der Waals surface area contributed by atoms with Gasteiger partial charge >= 0.3 is 0 Å². The van der Waals surface area contributed by atoms with Crippen LogP contribution in [0.1, 0.15) is 12.0 Å². The molecule has 0 aliphatic carbocycles. The molecular formula is C12H20N2O4S2. The highest BCUT2D eigenvalue weighted by Gasteiger charge is 2.19. The van der Waals surface area contributed by atoms with Gasteiger partial charge in [0, 0.05) is 12.8 Å². The normalized spacial score (nSPS) is 12.6. The van der Waals surface area contributed by atoms with Gasteiger partial charge in [0.1, 0.15) is 0 Å². The number of sulfone groups is 1. The average Bonchev–Trinajstić information content (AvgIpc) is 2.33. The average molecular weight is 320 g/mol. The Morgan fingerprint density at radius 3 is 2.30 bits per heavy atom. The predicted molar refractivity (Wildman–Crippen MR) is 78.0 cm³/mol. The van der Waals surface area contributed by atoms with Crippen molar-refractivity contribution in [2.24, 2.45) is 0 Å². The smallest absolute Gasteiger partial charge is 0.240 e. The largest absolute Gasteiger partial charge is 0.320 e. The molecule has 0 amide bonds. The van der Waals surface area contributed by atoms with E-state index in [2.05, 4.69) is 10.0 Å². The molecular weight excluding hydrogens is 300 g/mol. The first kappa shape index (κ1) is 17.1. The van der Waals surface area contributed by atoms with Crippen molar-refractivity contribution in [3.05, 3.63) is 23.8 Å². The lowest BCUT2D eigenvalue weighted by atomic mass is 10.2. The summed E-state index contributed by atoms with van der Waals surface area (Å²) in [4.78, 5) is 0.00332. The molecule has 0 unspecified atom stereocenters. The van der Waals surface area contributed by atoms with Crippen molar-refractivity contribution < 1.29 is 16.8 Å². The number of hydrogen-bond acceptors (Lipinski definition) is 5. The van der Waals surface area contributed by atoms with Crippen LogP contribution in [0.15, 0.2) is 28.0 Å². The van der Waals surface area contributed by atoms with E-state index < -0.39 is 19.9 Å². The van der Waals surface area contributed by atoms with E-state index in [0.717, 1.165) is 6.26 Å². The molecule has 0 bridgehead atoms. The van der Waals surface area contributed by atoms with Crippen molar-refractivity contribution in [2.75, 3.05) is 26.4 Å². The Bertz CT molecular complexity index is 667. The van der Waals surface area contributed by atoms with Gasteiger partial charge in [-0.15, -0.1) is 0 Å². The maximum atomic E-state index is 12.2. The summed E-state index contributed by atoms with van der Waals surface area (Å²) in [6.07, 6.45) is 1.70. The Labute approximate surface area is 120 Å². The molecule has 0 radical (unpaired) electrons. The summed E-state index contributed by atoms with van der Waals surface area (Å²) in [6, 6.07) is 4.11. The van der Waals surface area contributed by atoms with Crippen LogP contribution in [-0.2, 0) is 19.9 Å². The minimum absolute atomic E-state index is 0.00120. The first-order valence-electron chi connectivity index (χ1n) is 6.13. The summed E-state index contributed by atoms with van der Waals surface area (Å²) >= 11 is 0. The van der Waals surface area contributed by atoms with E-state index in [9.17, 15) is 16.8 Å². The van der Waals surface area contributed by atoms with E-state index in [4.69, 9.17) is 0 Å². The van der Waals surface area contributed by atoms with Gasteiger partial charge in [-0.1, -0.05) is 6.07 Å². The molecule has 0 spiro atoms. The molecule has 0 aliphatic rings. The minimum Gasteiger partial charge on any atom is -0.320 e. The molecule has 6 nitrogen and oxygen atoms in total. The van der Waals surface area contributed by atoms with Crippen LogP contribution in [0.5, 0.6) is 0 Å². The zero-order valence-electron chi connectivity index (χ0n) is 11.8. The summed E-state index contributed by atoms with van der Waals surface area (Å²) in [5, 5.41) is 2.92. The topological polar surface area (TPSA) is 92.3 Å². The van der Waals surface area contributed by atoms with Crippen LogP contribution in [0.3, 0.4) is 0 Å². The molecule has 2 N–H and O–H groups in total. The standard InChI is InChI=1S/C12H20N2O4S2/c1-10-5-6-11(19(3,15)16)9-12(10)20(17,18)14-8-4-7-13-2/h5-6,9,13-14H,4,7-8H2,1-3H3. The Morgan fingerprint density at radius 2 is 1.75 bits per heavy atom. The van der Waals surface area contributed by atoms with Crippen molar-refractivity contribution >= 4 is 19.9 Å². The number of aryl methyl sites for hydroxylation is 1. The lowest BCUT2D eigenvalue weighted by Crippen LogP contribution is -2.27. The number of hydrogen-bond donors (Lipinski definition) is 2. The maximum absolute atomic E-state index is 12.2. The summed E-state index contributed by atoms with van der Waals surface area (Å²) in [7, 11) is -5.34.